The van der Waals surface area contributed by atoms with Gasteiger partial charge in [-0.25, -0.2) is 4.98 Å². The van der Waals surface area contributed by atoms with Gasteiger partial charge >= 0.3 is 6.18 Å². The predicted molar refractivity (Wildman–Crippen MR) is 73.3 cm³/mol. The number of rotatable bonds is 3. The summed E-state index contributed by atoms with van der Waals surface area (Å²) >= 11 is 0. The van der Waals surface area contributed by atoms with Crippen LogP contribution < -0.4 is 11.1 Å². The van der Waals surface area contributed by atoms with Gasteiger partial charge in [-0.1, -0.05) is 26.2 Å². The first-order chi connectivity index (χ1) is 9.38. The second-order valence-electron chi connectivity index (χ2n) is 5.45. The minimum absolute atomic E-state index is 0.106. The molecule has 20 heavy (non-hydrogen) atoms. The fraction of sp³-hybridized carbons (Fsp3) is 0.643. The van der Waals surface area contributed by atoms with Gasteiger partial charge in [0.05, 0.1) is 5.56 Å². The third kappa shape index (κ3) is 3.77. The van der Waals surface area contributed by atoms with E-state index in [1.54, 1.807) is 0 Å². The lowest BCUT2D eigenvalue weighted by molar-refractivity contribution is -0.137. The lowest BCUT2D eigenvalue weighted by Gasteiger charge is -2.29. The van der Waals surface area contributed by atoms with Gasteiger partial charge in [-0.15, -0.1) is 0 Å². The molecule has 1 heterocycles. The Hall–Kier alpha value is -1.46. The molecule has 2 atom stereocenters. The summed E-state index contributed by atoms with van der Waals surface area (Å²) in [6, 6.07) is 2.08. The van der Waals surface area contributed by atoms with Gasteiger partial charge in [0.15, 0.2) is 0 Å². The van der Waals surface area contributed by atoms with Crippen molar-refractivity contribution in [2.75, 3.05) is 11.1 Å². The standard InChI is InChI=1S/C14H20F3N3/c1-2-9-4-3-5-11(6-9)19-13-8-10(14(15,16)17)7-12(18)20-13/h7-9,11H,2-6H2,1H3,(H3,18,19,20). The van der Waals surface area contributed by atoms with Crippen molar-refractivity contribution in [3.63, 3.8) is 0 Å². The lowest BCUT2D eigenvalue weighted by Crippen LogP contribution is -2.27. The van der Waals surface area contributed by atoms with E-state index < -0.39 is 11.7 Å². The number of nitrogen functional groups attached to an aromatic ring is 1. The molecule has 1 aliphatic rings. The van der Waals surface area contributed by atoms with E-state index in [-0.39, 0.29) is 17.7 Å². The van der Waals surface area contributed by atoms with Crippen LogP contribution >= 0.6 is 0 Å². The average Bonchev–Trinajstić information content (AvgIpc) is 2.37. The fourth-order valence-corrected chi connectivity index (χ4v) is 2.79. The van der Waals surface area contributed by atoms with Crippen LogP contribution in [-0.2, 0) is 6.18 Å². The van der Waals surface area contributed by atoms with Gasteiger partial charge in [0.25, 0.3) is 0 Å². The number of halogens is 3. The highest BCUT2D eigenvalue weighted by atomic mass is 19.4. The number of hydrogen-bond donors (Lipinski definition) is 2. The molecule has 0 bridgehead atoms. The minimum Gasteiger partial charge on any atom is -0.384 e. The molecule has 112 valence electrons. The molecule has 3 nitrogen and oxygen atoms in total. The molecule has 0 aliphatic heterocycles. The van der Waals surface area contributed by atoms with Gasteiger partial charge in [0.1, 0.15) is 11.6 Å². The van der Waals surface area contributed by atoms with Crippen molar-refractivity contribution in [1.82, 2.24) is 4.98 Å². The van der Waals surface area contributed by atoms with Crippen molar-refractivity contribution in [2.24, 2.45) is 5.92 Å². The molecular formula is C14H20F3N3. The lowest BCUT2D eigenvalue weighted by atomic mass is 9.84. The molecule has 0 aromatic carbocycles. The second kappa shape index (κ2) is 5.89. The van der Waals surface area contributed by atoms with E-state index in [1.165, 1.54) is 6.42 Å². The number of alkyl halides is 3. The van der Waals surface area contributed by atoms with Crippen LogP contribution in [-0.4, -0.2) is 11.0 Å². The van der Waals surface area contributed by atoms with Gasteiger partial charge in [-0.2, -0.15) is 13.2 Å². The van der Waals surface area contributed by atoms with E-state index in [4.69, 9.17) is 5.73 Å². The summed E-state index contributed by atoms with van der Waals surface area (Å²) < 4.78 is 38.2. The van der Waals surface area contributed by atoms with E-state index in [1.807, 2.05) is 0 Å². The average molecular weight is 287 g/mol. The quantitative estimate of drug-likeness (QED) is 0.881. The smallest absolute Gasteiger partial charge is 0.384 e. The molecule has 2 rings (SSSR count). The fourth-order valence-electron chi connectivity index (χ4n) is 2.79. The van der Waals surface area contributed by atoms with Crippen molar-refractivity contribution in [1.29, 1.82) is 0 Å². The van der Waals surface area contributed by atoms with E-state index >= 15 is 0 Å². The van der Waals surface area contributed by atoms with Gasteiger partial charge in [-0.05, 0) is 30.9 Å². The minimum atomic E-state index is -4.40. The van der Waals surface area contributed by atoms with Crippen LogP contribution in [0.2, 0.25) is 0 Å². The van der Waals surface area contributed by atoms with Crippen LogP contribution in [0.1, 0.15) is 44.6 Å². The molecule has 1 saturated carbocycles. The monoisotopic (exact) mass is 287 g/mol. The van der Waals surface area contributed by atoms with Gasteiger partial charge < -0.3 is 11.1 Å². The van der Waals surface area contributed by atoms with Crippen molar-refractivity contribution < 1.29 is 13.2 Å². The van der Waals surface area contributed by atoms with Crippen molar-refractivity contribution in [2.45, 2.75) is 51.2 Å². The highest BCUT2D eigenvalue weighted by Gasteiger charge is 2.32. The molecular weight excluding hydrogens is 267 g/mol. The SMILES string of the molecule is CCC1CCCC(Nc2cc(C(F)(F)F)cc(N)n2)C1. The van der Waals surface area contributed by atoms with E-state index in [0.29, 0.717) is 5.92 Å². The normalized spacial score (nSPS) is 23.6. The largest absolute Gasteiger partial charge is 0.416 e. The molecule has 0 spiro atoms. The van der Waals surface area contributed by atoms with Crippen LogP contribution in [0.4, 0.5) is 24.8 Å². The number of pyridine rings is 1. The molecule has 1 aromatic rings. The van der Waals surface area contributed by atoms with Crippen molar-refractivity contribution in [3.05, 3.63) is 17.7 Å². The molecule has 1 aliphatic carbocycles. The Bertz CT molecular complexity index is 459. The van der Waals surface area contributed by atoms with Gasteiger partial charge in [0, 0.05) is 6.04 Å². The topological polar surface area (TPSA) is 50.9 Å². The first kappa shape index (κ1) is 14.9. The zero-order valence-electron chi connectivity index (χ0n) is 11.5. The van der Waals surface area contributed by atoms with E-state index in [0.717, 1.165) is 37.8 Å². The van der Waals surface area contributed by atoms with Crippen molar-refractivity contribution >= 4 is 11.6 Å². The number of nitrogens with two attached hydrogens (primary N) is 1. The summed E-state index contributed by atoms with van der Waals surface area (Å²) in [4.78, 5) is 3.96. The summed E-state index contributed by atoms with van der Waals surface area (Å²) in [5, 5.41) is 3.11. The van der Waals surface area contributed by atoms with Crippen LogP contribution in [0.5, 0.6) is 0 Å². The molecule has 0 amide bonds. The zero-order chi connectivity index (χ0) is 14.8. The Kier molecular flexibility index (Phi) is 4.40. The van der Waals surface area contributed by atoms with Crippen LogP contribution in [0, 0.1) is 5.92 Å². The molecule has 0 radical (unpaired) electrons. The number of hydrogen-bond acceptors (Lipinski definition) is 3. The highest BCUT2D eigenvalue weighted by molar-refractivity contribution is 5.48. The summed E-state index contributed by atoms with van der Waals surface area (Å²) in [6.07, 6.45) is 0.961. The van der Waals surface area contributed by atoms with E-state index in [2.05, 4.69) is 17.2 Å². The summed E-state index contributed by atoms with van der Waals surface area (Å²) in [5.41, 5.74) is 4.71. The maximum Gasteiger partial charge on any atom is 0.416 e. The Morgan fingerprint density at radius 3 is 2.75 bits per heavy atom. The maximum absolute atomic E-state index is 12.7. The number of aromatic nitrogens is 1. The third-order valence-electron chi connectivity index (χ3n) is 3.88. The number of nitrogens with one attached hydrogen (secondary N) is 1. The second-order valence-corrected chi connectivity index (χ2v) is 5.45. The summed E-state index contributed by atoms with van der Waals surface area (Å²) in [5.74, 6) is 0.758. The highest BCUT2D eigenvalue weighted by Crippen LogP contribution is 2.33. The Morgan fingerprint density at radius 1 is 1.35 bits per heavy atom. The molecule has 0 saturated heterocycles. The van der Waals surface area contributed by atoms with Gasteiger partial charge in [0.2, 0.25) is 0 Å². The third-order valence-corrected chi connectivity index (χ3v) is 3.88. The molecule has 1 fully saturated rings. The Balaban J connectivity index is 2.11. The first-order valence-electron chi connectivity index (χ1n) is 6.99. The molecule has 1 aromatic heterocycles. The molecule has 2 unspecified atom stereocenters. The summed E-state index contributed by atoms with van der Waals surface area (Å²) in [6.45, 7) is 2.15. The van der Waals surface area contributed by atoms with Crippen LogP contribution in [0.25, 0.3) is 0 Å². The van der Waals surface area contributed by atoms with Crippen molar-refractivity contribution in [3.8, 4) is 0 Å². The number of anilines is 2. The van der Waals surface area contributed by atoms with E-state index in [9.17, 15) is 13.2 Å². The summed E-state index contributed by atoms with van der Waals surface area (Å²) in [7, 11) is 0. The zero-order valence-corrected chi connectivity index (χ0v) is 11.5. The maximum atomic E-state index is 12.7. The molecule has 3 N–H and O–H groups in total. The number of nitrogens with zero attached hydrogens (tertiary/aromatic N) is 1. The Morgan fingerprint density at radius 2 is 2.10 bits per heavy atom. The molecule has 6 heteroatoms. The first-order valence-corrected chi connectivity index (χ1v) is 6.99. The van der Waals surface area contributed by atoms with Crippen LogP contribution in [0.15, 0.2) is 12.1 Å². The van der Waals surface area contributed by atoms with Gasteiger partial charge in [-0.3, -0.25) is 0 Å². The predicted octanol–water partition coefficient (Wildman–Crippen LogP) is 4.06. The Labute approximate surface area is 116 Å². The van der Waals surface area contributed by atoms with Crippen LogP contribution in [0.3, 0.4) is 0 Å².